The third-order valence-corrected chi connectivity index (χ3v) is 5.49. The minimum Gasteiger partial charge on any atom is -0.497 e. The lowest BCUT2D eigenvalue weighted by Crippen LogP contribution is -2.37. The molecule has 4 nitrogen and oxygen atoms in total. The Labute approximate surface area is 189 Å². The van der Waals surface area contributed by atoms with E-state index < -0.39 is 0 Å². The van der Waals surface area contributed by atoms with Crippen LogP contribution in [0.5, 0.6) is 11.5 Å². The predicted molar refractivity (Wildman–Crippen MR) is 129 cm³/mol. The first kappa shape index (κ1) is 21.6. The van der Waals surface area contributed by atoms with Crippen LogP contribution in [-0.2, 0) is 11.3 Å². The number of carbonyl (C=O) groups is 1. The second-order valence-corrected chi connectivity index (χ2v) is 7.85. The lowest BCUT2D eigenvalue weighted by Gasteiger charge is -2.30. The van der Waals surface area contributed by atoms with E-state index in [0.29, 0.717) is 13.1 Å². The normalized spacial score (nSPS) is 17.0. The molecule has 0 radical (unpaired) electrons. The number of hydrogen-bond donors (Lipinski definition) is 0. The first-order valence-electron chi connectivity index (χ1n) is 10.6. The van der Waals surface area contributed by atoms with E-state index in [1.807, 2.05) is 78.9 Å². The smallest absolute Gasteiger partial charge is 0.187 e. The van der Waals surface area contributed by atoms with Crippen LogP contribution >= 0.6 is 0 Å². The summed E-state index contributed by atoms with van der Waals surface area (Å²) >= 11 is 0. The summed E-state index contributed by atoms with van der Waals surface area (Å²) < 4.78 is 10.7. The molecule has 0 atom stereocenters. The van der Waals surface area contributed by atoms with Crippen LogP contribution in [0.4, 0.5) is 0 Å². The van der Waals surface area contributed by atoms with Crippen LogP contribution in [0.15, 0.2) is 90.0 Å². The van der Waals surface area contributed by atoms with Gasteiger partial charge in [0.1, 0.15) is 11.5 Å². The van der Waals surface area contributed by atoms with Crippen molar-refractivity contribution < 1.29 is 14.3 Å². The lowest BCUT2D eigenvalue weighted by molar-refractivity contribution is -0.113. The molecule has 1 aliphatic rings. The second-order valence-electron chi connectivity index (χ2n) is 7.85. The number of Topliss-reactive ketones (excluding diaryl/α,β-unsaturated/α-hetero) is 1. The highest BCUT2D eigenvalue weighted by atomic mass is 16.5. The van der Waals surface area contributed by atoms with Crippen LogP contribution in [0.3, 0.4) is 0 Å². The van der Waals surface area contributed by atoms with Gasteiger partial charge in [0, 0.05) is 30.8 Å². The predicted octanol–water partition coefficient (Wildman–Crippen LogP) is 5.26. The Morgan fingerprint density at radius 1 is 0.750 bits per heavy atom. The van der Waals surface area contributed by atoms with Crippen molar-refractivity contribution >= 4 is 17.9 Å². The molecular formula is C28H27NO3. The minimum absolute atomic E-state index is 0.0833. The summed E-state index contributed by atoms with van der Waals surface area (Å²) in [7, 11) is 3.29. The number of ether oxygens (including phenoxy) is 2. The number of carbonyl (C=O) groups excluding carboxylic acids is 1. The average Bonchev–Trinajstić information content (AvgIpc) is 2.83. The molecule has 1 saturated heterocycles. The number of ketones is 1. The summed E-state index contributed by atoms with van der Waals surface area (Å²) in [6.45, 7) is 1.97. The van der Waals surface area contributed by atoms with Gasteiger partial charge in [-0.1, -0.05) is 54.6 Å². The fourth-order valence-corrected chi connectivity index (χ4v) is 3.93. The Hall–Kier alpha value is -3.63. The van der Waals surface area contributed by atoms with Crippen LogP contribution in [0, 0.1) is 0 Å². The quantitative estimate of drug-likeness (QED) is 0.505. The van der Waals surface area contributed by atoms with Crippen LogP contribution in [0.1, 0.15) is 16.7 Å². The van der Waals surface area contributed by atoms with E-state index in [2.05, 4.69) is 17.0 Å². The summed E-state index contributed by atoms with van der Waals surface area (Å²) in [5, 5.41) is 0. The van der Waals surface area contributed by atoms with Gasteiger partial charge in [0.15, 0.2) is 5.78 Å². The van der Waals surface area contributed by atoms with Crippen LogP contribution in [-0.4, -0.2) is 38.0 Å². The van der Waals surface area contributed by atoms with E-state index in [0.717, 1.165) is 40.3 Å². The summed E-state index contributed by atoms with van der Waals surface area (Å²) in [5.41, 5.74) is 4.68. The van der Waals surface area contributed by atoms with Gasteiger partial charge in [-0.3, -0.25) is 9.69 Å². The standard InChI is InChI=1S/C28H27NO3/c1-31-26-12-6-10-22(16-26)14-24-19-29(18-21-8-4-3-5-9-21)20-25(28(24)30)15-23-11-7-13-27(17-23)32-2/h3-17H,18-20H2,1-2H3. The van der Waals surface area contributed by atoms with Crippen LogP contribution < -0.4 is 9.47 Å². The van der Waals surface area contributed by atoms with Gasteiger partial charge in [-0.15, -0.1) is 0 Å². The molecule has 0 saturated carbocycles. The van der Waals surface area contributed by atoms with E-state index in [4.69, 9.17) is 9.47 Å². The van der Waals surface area contributed by atoms with Gasteiger partial charge in [0.2, 0.25) is 0 Å². The molecule has 0 aromatic heterocycles. The Morgan fingerprint density at radius 2 is 1.28 bits per heavy atom. The molecule has 1 fully saturated rings. The molecule has 3 aromatic rings. The second kappa shape index (κ2) is 10.1. The summed E-state index contributed by atoms with van der Waals surface area (Å²) in [4.78, 5) is 15.7. The molecule has 0 spiro atoms. The van der Waals surface area contributed by atoms with E-state index in [1.165, 1.54) is 5.56 Å². The highest BCUT2D eigenvalue weighted by Crippen LogP contribution is 2.25. The van der Waals surface area contributed by atoms with Gasteiger partial charge in [0.25, 0.3) is 0 Å². The largest absolute Gasteiger partial charge is 0.497 e. The number of rotatable bonds is 6. The third-order valence-electron chi connectivity index (χ3n) is 5.49. The first-order valence-corrected chi connectivity index (χ1v) is 10.6. The van der Waals surface area contributed by atoms with Crippen LogP contribution in [0.25, 0.3) is 12.2 Å². The highest BCUT2D eigenvalue weighted by molar-refractivity contribution is 6.14. The van der Waals surface area contributed by atoms with Crippen molar-refractivity contribution in [3.8, 4) is 11.5 Å². The third kappa shape index (κ3) is 5.34. The molecule has 4 heteroatoms. The first-order chi connectivity index (χ1) is 15.6. The number of piperidine rings is 1. The maximum Gasteiger partial charge on any atom is 0.187 e. The van der Waals surface area contributed by atoms with E-state index >= 15 is 0 Å². The van der Waals surface area contributed by atoms with Crippen molar-refractivity contribution in [2.75, 3.05) is 27.3 Å². The Bertz CT molecular complexity index is 1080. The van der Waals surface area contributed by atoms with E-state index in [-0.39, 0.29) is 5.78 Å². The van der Waals surface area contributed by atoms with Crippen LogP contribution in [0.2, 0.25) is 0 Å². The summed E-state index contributed by atoms with van der Waals surface area (Å²) in [6, 6.07) is 25.9. The van der Waals surface area contributed by atoms with Gasteiger partial charge in [-0.25, -0.2) is 0 Å². The van der Waals surface area contributed by atoms with Gasteiger partial charge in [-0.05, 0) is 53.1 Å². The zero-order valence-corrected chi connectivity index (χ0v) is 18.5. The molecule has 0 aliphatic carbocycles. The SMILES string of the molecule is COc1cccc(C=C2CN(Cc3ccccc3)CC(=Cc3cccc(OC)c3)C2=O)c1. The Balaban J connectivity index is 1.69. The molecule has 32 heavy (non-hydrogen) atoms. The van der Waals surface area contributed by atoms with Gasteiger partial charge in [-0.2, -0.15) is 0 Å². The molecule has 1 heterocycles. The zero-order valence-electron chi connectivity index (χ0n) is 18.5. The van der Waals surface area contributed by atoms with Crippen molar-refractivity contribution in [3.63, 3.8) is 0 Å². The molecule has 0 amide bonds. The van der Waals surface area contributed by atoms with E-state index in [1.54, 1.807) is 14.2 Å². The average molecular weight is 426 g/mol. The fourth-order valence-electron chi connectivity index (χ4n) is 3.93. The molecule has 3 aromatic carbocycles. The molecule has 0 bridgehead atoms. The monoisotopic (exact) mass is 425 g/mol. The van der Waals surface area contributed by atoms with Crippen molar-refractivity contribution in [2.45, 2.75) is 6.54 Å². The summed E-state index contributed by atoms with van der Waals surface area (Å²) in [6.07, 6.45) is 3.95. The molecule has 1 aliphatic heterocycles. The summed E-state index contributed by atoms with van der Waals surface area (Å²) in [5.74, 6) is 1.63. The Kier molecular flexibility index (Phi) is 6.83. The molecular weight excluding hydrogens is 398 g/mol. The Morgan fingerprint density at radius 3 is 1.78 bits per heavy atom. The zero-order chi connectivity index (χ0) is 22.3. The number of likely N-dealkylation sites (tertiary alicyclic amines) is 1. The van der Waals surface area contributed by atoms with Gasteiger partial charge >= 0.3 is 0 Å². The van der Waals surface area contributed by atoms with Crippen molar-refractivity contribution in [2.24, 2.45) is 0 Å². The minimum atomic E-state index is 0.0833. The number of hydrogen-bond acceptors (Lipinski definition) is 4. The molecule has 162 valence electrons. The highest BCUT2D eigenvalue weighted by Gasteiger charge is 2.26. The van der Waals surface area contributed by atoms with E-state index in [9.17, 15) is 4.79 Å². The number of methoxy groups -OCH3 is 2. The van der Waals surface area contributed by atoms with Crippen molar-refractivity contribution in [1.29, 1.82) is 0 Å². The topological polar surface area (TPSA) is 38.8 Å². The maximum absolute atomic E-state index is 13.4. The van der Waals surface area contributed by atoms with Crippen molar-refractivity contribution in [3.05, 3.63) is 107 Å². The van der Waals surface area contributed by atoms with Crippen molar-refractivity contribution in [1.82, 2.24) is 4.90 Å². The van der Waals surface area contributed by atoms with Gasteiger partial charge in [0.05, 0.1) is 14.2 Å². The number of nitrogens with zero attached hydrogens (tertiary/aromatic N) is 1. The molecule has 0 unspecified atom stereocenters. The molecule has 0 N–H and O–H groups in total. The fraction of sp³-hybridized carbons (Fsp3) is 0.179. The maximum atomic E-state index is 13.4. The molecule has 4 rings (SSSR count). The van der Waals surface area contributed by atoms with Gasteiger partial charge < -0.3 is 9.47 Å². The number of benzene rings is 3. The lowest BCUT2D eigenvalue weighted by atomic mass is 9.93.